The standard InChI is InChI=1S/C5H10N2O3.C2H7N/c6-3(5(9)10)1-2-4(7)8;1-3-2/h3H,1-2,6H2,(H2,7,8)(H,9,10);3H,1-2H3/t3-;/m0./s1. The Morgan fingerprint density at radius 2 is 1.85 bits per heavy atom. The van der Waals surface area contributed by atoms with E-state index in [9.17, 15) is 9.59 Å². The third-order valence-corrected chi connectivity index (χ3v) is 1.02. The molecule has 0 aromatic carbocycles. The Bertz CT molecular complexity index is 161. The predicted octanol–water partition coefficient (Wildman–Crippen LogP) is -1.50. The number of rotatable bonds is 4. The van der Waals surface area contributed by atoms with Crippen molar-refractivity contribution in [1.82, 2.24) is 5.32 Å². The molecule has 0 aliphatic carbocycles. The summed E-state index contributed by atoms with van der Waals surface area (Å²) in [6, 6.07) is -0.979. The molecule has 0 unspecified atom stereocenters. The van der Waals surface area contributed by atoms with Crippen molar-refractivity contribution in [3.8, 4) is 0 Å². The second-order valence-electron chi connectivity index (χ2n) is 2.45. The van der Waals surface area contributed by atoms with Gasteiger partial charge in [0.25, 0.3) is 0 Å². The van der Waals surface area contributed by atoms with Gasteiger partial charge in [-0.1, -0.05) is 0 Å². The van der Waals surface area contributed by atoms with Crippen LogP contribution in [0, 0.1) is 0 Å². The molecule has 0 aromatic heterocycles. The molecule has 1 atom stereocenters. The normalized spacial score (nSPS) is 11.0. The monoisotopic (exact) mass is 191 g/mol. The Morgan fingerprint density at radius 3 is 2.08 bits per heavy atom. The highest BCUT2D eigenvalue weighted by Gasteiger charge is 2.11. The summed E-state index contributed by atoms with van der Waals surface area (Å²) in [6.45, 7) is 0. The number of nitrogens with two attached hydrogens (primary N) is 2. The van der Waals surface area contributed by atoms with Crippen LogP contribution >= 0.6 is 0 Å². The van der Waals surface area contributed by atoms with Crippen molar-refractivity contribution in [1.29, 1.82) is 0 Å². The van der Waals surface area contributed by atoms with E-state index in [0.717, 1.165) is 0 Å². The number of carbonyl (C=O) groups is 2. The summed E-state index contributed by atoms with van der Waals surface area (Å²) < 4.78 is 0. The summed E-state index contributed by atoms with van der Waals surface area (Å²) in [5.41, 5.74) is 9.81. The molecule has 0 rings (SSSR count). The molecule has 0 aliphatic rings. The molecule has 6 N–H and O–H groups in total. The largest absolute Gasteiger partial charge is 0.480 e. The Morgan fingerprint density at radius 1 is 1.46 bits per heavy atom. The molecule has 0 aromatic rings. The SMILES string of the molecule is CNC.NC(=O)CC[C@H](N)C(=O)O. The molecule has 0 heterocycles. The molecule has 13 heavy (non-hydrogen) atoms. The highest BCUT2D eigenvalue weighted by atomic mass is 16.4. The highest BCUT2D eigenvalue weighted by Crippen LogP contribution is 1.92. The first kappa shape index (κ1) is 14.4. The quantitative estimate of drug-likeness (QED) is 0.431. The molecule has 0 fully saturated rings. The minimum atomic E-state index is -1.11. The smallest absolute Gasteiger partial charge is 0.320 e. The lowest BCUT2D eigenvalue weighted by atomic mass is 10.2. The molecular formula is C7H17N3O3. The number of primary amides is 1. The fraction of sp³-hybridized carbons (Fsp3) is 0.714. The molecule has 6 heteroatoms. The predicted molar refractivity (Wildman–Crippen MR) is 49.0 cm³/mol. The lowest BCUT2D eigenvalue weighted by Crippen LogP contribution is -2.31. The van der Waals surface area contributed by atoms with Crippen LogP contribution in [0.3, 0.4) is 0 Å². The first-order valence-electron chi connectivity index (χ1n) is 3.80. The summed E-state index contributed by atoms with van der Waals surface area (Å²) in [5, 5.41) is 11.0. The summed E-state index contributed by atoms with van der Waals surface area (Å²) in [6.07, 6.45) is 0.123. The van der Waals surface area contributed by atoms with Crippen LogP contribution in [0.15, 0.2) is 0 Å². The number of hydrogen-bond acceptors (Lipinski definition) is 4. The van der Waals surface area contributed by atoms with Crippen LogP contribution in [0.4, 0.5) is 0 Å². The van der Waals surface area contributed by atoms with Gasteiger partial charge < -0.3 is 21.9 Å². The van der Waals surface area contributed by atoms with E-state index in [2.05, 4.69) is 5.32 Å². The van der Waals surface area contributed by atoms with Gasteiger partial charge in [0, 0.05) is 6.42 Å². The number of aliphatic carboxylic acids is 1. The van der Waals surface area contributed by atoms with Crippen LogP contribution in [0.1, 0.15) is 12.8 Å². The maximum absolute atomic E-state index is 10.1. The molecule has 0 bridgehead atoms. The van der Waals surface area contributed by atoms with Crippen LogP contribution in [0.25, 0.3) is 0 Å². The van der Waals surface area contributed by atoms with Crippen LogP contribution in [-0.4, -0.2) is 37.1 Å². The third-order valence-electron chi connectivity index (χ3n) is 1.02. The van der Waals surface area contributed by atoms with Gasteiger partial charge in [-0.25, -0.2) is 0 Å². The van der Waals surface area contributed by atoms with Gasteiger partial charge >= 0.3 is 5.97 Å². The summed E-state index contributed by atoms with van der Waals surface area (Å²) in [5.74, 6) is -1.64. The van der Waals surface area contributed by atoms with Gasteiger partial charge in [-0.2, -0.15) is 0 Å². The Balaban J connectivity index is 0. The first-order valence-corrected chi connectivity index (χ1v) is 3.80. The van der Waals surface area contributed by atoms with Crippen molar-refractivity contribution in [3.63, 3.8) is 0 Å². The second-order valence-corrected chi connectivity index (χ2v) is 2.45. The van der Waals surface area contributed by atoms with Gasteiger partial charge in [-0.05, 0) is 20.5 Å². The van der Waals surface area contributed by atoms with Gasteiger partial charge in [0.05, 0.1) is 0 Å². The van der Waals surface area contributed by atoms with E-state index in [-0.39, 0.29) is 12.8 Å². The van der Waals surface area contributed by atoms with Crippen molar-refractivity contribution in [2.45, 2.75) is 18.9 Å². The zero-order valence-electron chi connectivity index (χ0n) is 7.91. The van der Waals surface area contributed by atoms with E-state index >= 15 is 0 Å². The number of amides is 1. The number of carboxylic acids is 1. The van der Waals surface area contributed by atoms with Crippen LogP contribution in [0.2, 0.25) is 0 Å². The fourth-order valence-electron chi connectivity index (χ4n) is 0.421. The van der Waals surface area contributed by atoms with Crippen molar-refractivity contribution >= 4 is 11.9 Å². The van der Waals surface area contributed by atoms with Gasteiger partial charge in [-0.15, -0.1) is 0 Å². The Hall–Kier alpha value is -1.14. The molecule has 1 amide bonds. The zero-order chi connectivity index (χ0) is 10.9. The van der Waals surface area contributed by atoms with Gasteiger partial charge in [0.2, 0.25) is 5.91 Å². The van der Waals surface area contributed by atoms with E-state index in [1.165, 1.54) is 0 Å². The Kier molecular flexibility index (Phi) is 9.91. The summed E-state index contributed by atoms with van der Waals surface area (Å²) >= 11 is 0. The maximum Gasteiger partial charge on any atom is 0.320 e. The number of hydrogen-bond donors (Lipinski definition) is 4. The van der Waals surface area contributed by atoms with E-state index in [1.54, 1.807) is 0 Å². The number of carbonyl (C=O) groups excluding carboxylic acids is 1. The van der Waals surface area contributed by atoms with Gasteiger partial charge in [-0.3, -0.25) is 9.59 Å². The average molecular weight is 191 g/mol. The van der Waals surface area contributed by atoms with Crippen LogP contribution < -0.4 is 16.8 Å². The Labute approximate surface area is 77.3 Å². The maximum atomic E-state index is 10.1. The number of carboxylic acid groups (broad SMARTS) is 1. The molecular weight excluding hydrogens is 174 g/mol. The van der Waals surface area contributed by atoms with E-state index in [4.69, 9.17) is 16.6 Å². The lowest BCUT2D eigenvalue weighted by Gasteiger charge is -2.01. The molecule has 0 aliphatic heterocycles. The molecule has 6 nitrogen and oxygen atoms in total. The highest BCUT2D eigenvalue weighted by molar-refractivity contribution is 5.76. The average Bonchev–Trinajstić information content (AvgIpc) is 2.01. The molecule has 78 valence electrons. The molecule has 0 saturated heterocycles. The van der Waals surface area contributed by atoms with Gasteiger partial charge in [0.15, 0.2) is 0 Å². The zero-order valence-corrected chi connectivity index (χ0v) is 7.91. The third kappa shape index (κ3) is 13.8. The van der Waals surface area contributed by atoms with E-state index < -0.39 is 17.9 Å². The van der Waals surface area contributed by atoms with Crippen molar-refractivity contribution in [3.05, 3.63) is 0 Å². The van der Waals surface area contributed by atoms with Crippen molar-refractivity contribution in [2.24, 2.45) is 11.5 Å². The first-order chi connectivity index (χ1) is 5.95. The van der Waals surface area contributed by atoms with E-state index in [1.807, 2.05) is 14.1 Å². The minimum Gasteiger partial charge on any atom is -0.480 e. The van der Waals surface area contributed by atoms with E-state index in [0.29, 0.717) is 0 Å². The topological polar surface area (TPSA) is 118 Å². The minimum absolute atomic E-state index is 0.0213. The van der Waals surface area contributed by atoms with Gasteiger partial charge in [0.1, 0.15) is 6.04 Å². The van der Waals surface area contributed by atoms with Crippen LogP contribution in [0.5, 0.6) is 0 Å². The molecule has 0 saturated carbocycles. The summed E-state index contributed by atoms with van der Waals surface area (Å²) in [4.78, 5) is 20.1. The molecule has 0 radical (unpaired) electrons. The fourth-order valence-corrected chi connectivity index (χ4v) is 0.421. The van der Waals surface area contributed by atoms with Crippen LogP contribution in [-0.2, 0) is 9.59 Å². The van der Waals surface area contributed by atoms with Crippen molar-refractivity contribution < 1.29 is 14.7 Å². The number of nitrogens with one attached hydrogen (secondary N) is 1. The lowest BCUT2D eigenvalue weighted by molar-refractivity contribution is -0.138. The summed E-state index contributed by atoms with van der Waals surface area (Å²) in [7, 11) is 3.75. The van der Waals surface area contributed by atoms with Crippen molar-refractivity contribution in [2.75, 3.05) is 14.1 Å². The molecule has 0 spiro atoms. The second kappa shape index (κ2) is 8.95.